The third-order valence-corrected chi connectivity index (χ3v) is 6.73. The van der Waals surface area contributed by atoms with Gasteiger partial charge in [-0.1, -0.05) is 47.8 Å². The van der Waals surface area contributed by atoms with E-state index < -0.39 is 0 Å². The molecule has 0 aliphatic rings. The molecule has 0 saturated carbocycles. The van der Waals surface area contributed by atoms with Crippen molar-refractivity contribution < 1.29 is 13.2 Å². The standard InChI is InChI=1S/C24H12Br3F3/c25-22-4-1-16(28)10-19(22)13-7-14(20-11-17(29)2-5-23(20)26)9-15(8-13)21-12-18(30)3-6-24(21)27/h1-12H. The Bertz CT molecular complexity index is 1100. The summed E-state index contributed by atoms with van der Waals surface area (Å²) >= 11 is 10.4. The van der Waals surface area contributed by atoms with E-state index in [0.29, 0.717) is 46.8 Å². The quantitative estimate of drug-likeness (QED) is 0.221. The summed E-state index contributed by atoms with van der Waals surface area (Å²) in [5, 5.41) is 0. The Morgan fingerprint density at radius 3 is 0.933 bits per heavy atom. The fraction of sp³-hybridized carbons (Fsp3) is 0. The molecular formula is C24H12Br3F3. The van der Waals surface area contributed by atoms with Crippen molar-refractivity contribution in [3.05, 3.63) is 104 Å². The lowest BCUT2D eigenvalue weighted by Crippen LogP contribution is -1.90. The Morgan fingerprint density at radius 1 is 0.400 bits per heavy atom. The average molecular weight is 597 g/mol. The van der Waals surface area contributed by atoms with Crippen molar-refractivity contribution >= 4 is 47.8 Å². The van der Waals surface area contributed by atoms with Gasteiger partial charge in [0.2, 0.25) is 0 Å². The first kappa shape index (κ1) is 21.3. The van der Waals surface area contributed by atoms with E-state index in [2.05, 4.69) is 47.8 Å². The lowest BCUT2D eigenvalue weighted by atomic mass is 9.93. The van der Waals surface area contributed by atoms with Crippen LogP contribution in [0.2, 0.25) is 0 Å². The van der Waals surface area contributed by atoms with Gasteiger partial charge >= 0.3 is 0 Å². The van der Waals surface area contributed by atoms with E-state index in [1.807, 2.05) is 18.2 Å². The van der Waals surface area contributed by atoms with Crippen LogP contribution in [-0.4, -0.2) is 0 Å². The fourth-order valence-electron chi connectivity index (χ4n) is 3.25. The number of hydrogen-bond acceptors (Lipinski definition) is 0. The smallest absolute Gasteiger partial charge is 0.123 e. The normalized spacial score (nSPS) is 11.0. The van der Waals surface area contributed by atoms with Gasteiger partial charge in [-0.25, -0.2) is 13.2 Å². The van der Waals surface area contributed by atoms with Gasteiger partial charge in [0.15, 0.2) is 0 Å². The molecule has 0 fully saturated rings. The minimum absolute atomic E-state index is 0.376. The number of hydrogen-bond donors (Lipinski definition) is 0. The van der Waals surface area contributed by atoms with Crippen LogP contribution in [0.15, 0.2) is 86.2 Å². The second-order valence-electron chi connectivity index (χ2n) is 6.67. The zero-order chi connectivity index (χ0) is 21.4. The molecule has 0 heterocycles. The largest absolute Gasteiger partial charge is 0.207 e. The maximum atomic E-state index is 14.0. The van der Waals surface area contributed by atoms with Gasteiger partial charge in [-0.05, 0) is 106 Å². The Kier molecular flexibility index (Phi) is 6.19. The Labute approximate surface area is 197 Å². The second kappa shape index (κ2) is 8.69. The maximum Gasteiger partial charge on any atom is 0.123 e. The van der Waals surface area contributed by atoms with Gasteiger partial charge in [-0.2, -0.15) is 0 Å². The highest BCUT2D eigenvalue weighted by atomic mass is 79.9. The SMILES string of the molecule is Fc1ccc(Br)c(-c2cc(-c3cc(F)ccc3Br)cc(-c3cc(F)ccc3Br)c2)c1. The Hall–Kier alpha value is -1.89. The summed E-state index contributed by atoms with van der Waals surface area (Å²) < 4.78 is 44.1. The summed E-state index contributed by atoms with van der Waals surface area (Å²) in [6.45, 7) is 0. The molecule has 4 rings (SSSR count). The molecule has 0 aliphatic heterocycles. The molecule has 30 heavy (non-hydrogen) atoms. The third kappa shape index (κ3) is 4.41. The van der Waals surface area contributed by atoms with Crippen LogP contribution >= 0.6 is 47.8 Å². The van der Waals surface area contributed by atoms with Gasteiger partial charge in [0.05, 0.1) is 0 Å². The molecule has 150 valence electrons. The molecule has 0 aromatic heterocycles. The van der Waals surface area contributed by atoms with Crippen LogP contribution in [-0.2, 0) is 0 Å². The predicted molar refractivity (Wildman–Crippen MR) is 126 cm³/mol. The van der Waals surface area contributed by atoms with E-state index in [9.17, 15) is 13.2 Å². The van der Waals surface area contributed by atoms with Crippen LogP contribution in [0.4, 0.5) is 13.2 Å². The summed E-state index contributed by atoms with van der Waals surface area (Å²) in [6, 6.07) is 18.8. The van der Waals surface area contributed by atoms with Gasteiger partial charge in [0, 0.05) is 13.4 Å². The Morgan fingerprint density at radius 2 is 0.667 bits per heavy atom. The van der Waals surface area contributed by atoms with Crippen molar-refractivity contribution in [2.75, 3.05) is 0 Å². The molecule has 0 radical (unpaired) electrons. The van der Waals surface area contributed by atoms with E-state index in [1.165, 1.54) is 36.4 Å². The van der Waals surface area contributed by atoms with E-state index >= 15 is 0 Å². The van der Waals surface area contributed by atoms with Crippen LogP contribution in [0.25, 0.3) is 33.4 Å². The molecule has 0 nitrogen and oxygen atoms in total. The van der Waals surface area contributed by atoms with Gasteiger partial charge < -0.3 is 0 Å². The first-order valence-corrected chi connectivity index (χ1v) is 11.2. The van der Waals surface area contributed by atoms with E-state index in [1.54, 1.807) is 18.2 Å². The van der Waals surface area contributed by atoms with Gasteiger partial charge in [0.25, 0.3) is 0 Å². The van der Waals surface area contributed by atoms with Gasteiger partial charge in [0.1, 0.15) is 17.5 Å². The molecule has 0 unspecified atom stereocenters. The molecule has 4 aromatic rings. The minimum Gasteiger partial charge on any atom is -0.207 e. The van der Waals surface area contributed by atoms with Gasteiger partial charge in [-0.3, -0.25) is 0 Å². The number of rotatable bonds is 3. The van der Waals surface area contributed by atoms with Gasteiger partial charge in [-0.15, -0.1) is 0 Å². The van der Waals surface area contributed by atoms with Crippen LogP contribution in [0.3, 0.4) is 0 Å². The summed E-state index contributed by atoms with van der Waals surface area (Å²) in [7, 11) is 0. The molecular weight excluding hydrogens is 585 g/mol. The minimum atomic E-state index is -0.376. The molecule has 0 aliphatic carbocycles. The molecule has 0 saturated heterocycles. The number of benzene rings is 4. The zero-order valence-corrected chi connectivity index (χ0v) is 20.0. The number of halogens is 6. The van der Waals surface area contributed by atoms with E-state index in [4.69, 9.17) is 0 Å². The highest BCUT2D eigenvalue weighted by Crippen LogP contribution is 2.40. The average Bonchev–Trinajstić information content (AvgIpc) is 2.73. The lowest BCUT2D eigenvalue weighted by Gasteiger charge is -2.14. The van der Waals surface area contributed by atoms with Crippen LogP contribution in [0.1, 0.15) is 0 Å². The summed E-state index contributed by atoms with van der Waals surface area (Å²) in [5.74, 6) is -1.13. The van der Waals surface area contributed by atoms with E-state index in [-0.39, 0.29) is 17.5 Å². The van der Waals surface area contributed by atoms with Crippen LogP contribution in [0.5, 0.6) is 0 Å². The van der Waals surface area contributed by atoms with Crippen molar-refractivity contribution in [1.82, 2.24) is 0 Å². The highest BCUT2D eigenvalue weighted by Gasteiger charge is 2.14. The van der Waals surface area contributed by atoms with Crippen molar-refractivity contribution in [3.63, 3.8) is 0 Å². The molecule has 4 aromatic carbocycles. The molecule has 0 bridgehead atoms. The van der Waals surface area contributed by atoms with Crippen molar-refractivity contribution in [2.24, 2.45) is 0 Å². The molecule has 0 amide bonds. The summed E-state index contributed by atoms with van der Waals surface area (Å²) in [4.78, 5) is 0. The molecule has 0 atom stereocenters. The molecule has 0 N–H and O–H groups in total. The first-order valence-electron chi connectivity index (χ1n) is 8.83. The van der Waals surface area contributed by atoms with Crippen molar-refractivity contribution in [1.29, 1.82) is 0 Å². The monoisotopic (exact) mass is 594 g/mol. The summed E-state index contributed by atoms with van der Waals surface area (Å²) in [5.41, 5.74) is 4.04. The first-order chi connectivity index (χ1) is 14.3. The van der Waals surface area contributed by atoms with Crippen LogP contribution in [0, 0.1) is 17.5 Å². The lowest BCUT2D eigenvalue weighted by molar-refractivity contribution is 0.627. The zero-order valence-electron chi connectivity index (χ0n) is 15.2. The Balaban J connectivity index is 2.03. The molecule has 6 heteroatoms. The second-order valence-corrected chi connectivity index (χ2v) is 9.23. The summed E-state index contributed by atoms with van der Waals surface area (Å²) in [6.07, 6.45) is 0. The topological polar surface area (TPSA) is 0 Å². The third-order valence-electron chi connectivity index (χ3n) is 4.65. The molecule has 0 spiro atoms. The van der Waals surface area contributed by atoms with Crippen molar-refractivity contribution in [2.45, 2.75) is 0 Å². The predicted octanol–water partition coefficient (Wildman–Crippen LogP) is 9.39. The fourth-order valence-corrected chi connectivity index (χ4v) is 4.68. The van der Waals surface area contributed by atoms with Crippen molar-refractivity contribution in [3.8, 4) is 33.4 Å². The van der Waals surface area contributed by atoms with E-state index in [0.717, 1.165) is 0 Å². The maximum absolute atomic E-state index is 14.0. The van der Waals surface area contributed by atoms with Crippen LogP contribution < -0.4 is 0 Å². The highest BCUT2D eigenvalue weighted by molar-refractivity contribution is 9.11.